The average molecular weight is 665 g/mol. The van der Waals surface area contributed by atoms with Gasteiger partial charge >= 0.3 is 23.9 Å². The van der Waals surface area contributed by atoms with Gasteiger partial charge in [0, 0.05) is 51.5 Å². The normalized spacial score (nSPS) is 30.5. The van der Waals surface area contributed by atoms with Crippen LogP contribution in [0.2, 0.25) is 0 Å². The van der Waals surface area contributed by atoms with Gasteiger partial charge in [0.05, 0.1) is 29.1 Å². The van der Waals surface area contributed by atoms with Gasteiger partial charge in [-0.15, -0.1) is 6.58 Å². The molecule has 254 valence electrons. The predicted molar refractivity (Wildman–Crippen MR) is 163 cm³/mol. The van der Waals surface area contributed by atoms with Crippen LogP contribution in [0, 0.1) is 11.8 Å². The first kappa shape index (κ1) is 33.1. The number of fused-ring (bicyclic) bond motifs is 5. The highest BCUT2D eigenvalue weighted by Gasteiger charge is 2.55. The van der Waals surface area contributed by atoms with Crippen LogP contribution in [0.1, 0.15) is 51.4 Å². The molecule has 14 heteroatoms. The maximum Gasteiger partial charge on any atom is 0.303 e. The van der Waals surface area contributed by atoms with Gasteiger partial charge in [-0.3, -0.25) is 29.0 Å². The molecule has 1 aromatic carbocycles. The van der Waals surface area contributed by atoms with E-state index in [1.54, 1.807) is 11.0 Å². The number of esters is 4. The Hall–Kier alpha value is -4.82. The third-order valence-electron chi connectivity index (χ3n) is 8.85. The molecule has 4 aliphatic heterocycles. The summed E-state index contributed by atoms with van der Waals surface area (Å²) < 4.78 is 40.1. The minimum absolute atomic E-state index is 0.184. The van der Waals surface area contributed by atoms with Gasteiger partial charge in [-0.2, -0.15) is 0 Å². The Morgan fingerprint density at radius 2 is 1.65 bits per heavy atom. The summed E-state index contributed by atoms with van der Waals surface area (Å²) in [5.41, 5.74) is 3.11. The molecule has 4 aliphatic rings. The quantitative estimate of drug-likeness (QED) is 0.230. The van der Waals surface area contributed by atoms with Crippen LogP contribution in [-0.2, 0) is 63.7 Å². The molecule has 0 N–H and O–H groups in total. The molecule has 9 atom stereocenters. The van der Waals surface area contributed by atoms with E-state index in [-0.39, 0.29) is 17.9 Å². The molecule has 14 nitrogen and oxygen atoms in total. The number of hydrogen-bond donors (Lipinski definition) is 0. The van der Waals surface area contributed by atoms with E-state index in [0.29, 0.717) is 18.5 Å². The number of piperidine rings is 1. The highest BCUT2D eigenvalue weighted by molar-refractivity contribution is 5.96. The Kier molecular flexibility index (Phi) is 9.21. The average Bonchev–Trinajstić information content (AvgIpc) is 3.38. The van der Waals surface area contributed by atoms with Crippen LogP contribution in [0.3, 0.4) is 0 Å². The number of aromatic nitrogens is 1. The second kappa shape index (κ2) is 13.4. The van der Waals surface area contributed by atoms with Crippen molar-refractivity contribution in [2.75, 3.05) is 6.61 Å². The van der Waals surface area contributed by atoms with Crippen molar-refractivity contribution in [2.45, 2.75) is 83.7 Å². The van der Waals surface area contributed by atoms with Crippen molar-refractivity contribution in [3.63, 3.8) is 0 Å². The van der Waals surface area contributed by atoms with Gasteiger partial charge in [0.25, 0.3) is 5.91 Å². The van der Waals surface area contributed by atoms with Gasteiger partial charge in [0.1, 0.15) is 12.7 Å². The first-order valence-corrected chi connectivity index (χ1v) is 15.6. The highest BCUT2D eigenvalue weighted by Crippen LogP contribution is 2.49. The molecule has 0 bridgehead atoms. The monoisotopic (exact) mass is 664 g/mol. The van der Waals surface area contributed by atoms with E-state index in [1.807, 2.05) is 24.3 Å². The number of carbonyl (C=O) groups is 5. The smallest absolute Gasteiger partial charge is 0.303 e. The zero-order valence-electron chi connectivity index (χ0n) is 26.9. The molecule has 2 aromatic rings. The van der Waals surface area contributed by atoms with E-state index in [1.165, 1.54) is 13.2 Å². The fourth-order valence-corrected chi connectivity index (χ4v) is 6.93. The van der Waals surface area contributed by atoms with Gasteiger partial charge in [0.15, 0.2) is 18.3 Å². The lowest BCUT2D eigenvalue weighted by atomic mass is 9.76. The van der Waals surface area contributed by atoms with Crippen LogP contribution >= 0.6 is 0 Å². The third-order valence-corrected chi connectivity index (χ3v) is 8.85. The molecule has 48 heavy (non-hydrogen) atoms. The van der Waals surface area contributed by atoms with E-state index in [9.17, 15) is 24.0 Å². The summed E-state index contributed by atoms with van der Waals surface area (Å²) in [5.74, 6) is -4.09. The van der Waals surface area contributed by atoms with Crippen molar-refractivity contribution in [3.8, 4) is 0 Å². The maximum absolute atomic E-state index is 13.8. The summed E-state index contributed by atoms with van der Waals surface area (Å²) in [6, 6.07) is 9.57. The van der Waals surface area contributed by atoms with Gasteiger partial charge < -0.3 is 38.1 Å². The second-order valence-corrected chi connectivity index (χ2v) is 12.1. The fraction of sp³-hybridized carbons (Fsp3) is 0.471. The summed E-state index contributed by atoms with van der Waals surface area (Å²) >= 11 is 0. The number of rotatable bonds is 8. The highest BCUT2D eigenvalue weighted by atomic mass is 16.8. The topological polar surface area (TPSA) is 166 Å². The lowest BCUT2D eigenvalue weighted by Gasteiger charge is -2.47. The van der Waals surface area contributed by atoms with Crippen LogP contribution in [0.25, 0.3) is 10.9 Å². The zero-order chi connectivity index (χ0) is 34.3. The van der Waals surface area contributed by atoms with E-state index in [4.69, 9.17) is 38.1 Å². The predicted octanol–water partition coefficient (Wildman–Crippen LogP) is 2.78. The SMILES string of the molecule is C=C[C@H]1[C@H](O[C@@H]2O[C@H](COC(C)=O)[C@@H](OC(C)=O)[C@H](OC(C)=O)[C@H]2OC(C)=O)OC=C2C(=O)N3Cc4cc5ccccc5nc4[C@H]3C[C@H]21. The summed E-state index contributed by atoms with van der Waals surface area (Å²) in [4.78, 5) is 68.8. The fourth-order valence-electron chi connectivity index (χ4n) is 6.93. The van der Waals surface area contributed by atoms with Crippen LogP contribution < -0.4 is 0 Å². The molecule has 0 unspecified atom stereocenters. The number of nitrogens with zero attached hydrogens (tertiary/aromatic N) is 2. The third kappa shape index (κ3) is 6.37. The molecule has 0 spiro atoms. The zero-order valence-corrected chi connectivity index (χ0v) is 26.9. The molecule has 0 aliphatic carbocycles. The summed E-state index contributed by atoms with van der Waals surface area (Å²) in [6.07, 6.45) is -4.46. The molecule has 0 saturated carbocycles. The number of hydrogen-bond acceptors (Lipinski definition) is 13. The van der Waals surface area contributed by atoms with Gasteiger partial charge in [0.2, 0.25) is 12.6 Å². The van der Waals surface area contributed by atoms with E-state index < -0.39 is 73.4 Å². The van der Waals surface area contributed by atoms with E-state index in [2.05, 4.69) is 12.6 Å². The lowest BCUT2D eigenvalue weighted by molar-refractivity contribution is -0.342. The van der Waals surface area contributed by atoms with Crippen molar-refractivity contribution >= 4 is 40.7 Å². The molecular formula is C34H36N2O12. The van der Waals surface area contributed by atoms with E-state index in [0.717, 1.165) is 42.9 Å². The van der Waals surface area contributed by atoms with Crippen LogP contribution in [0.5, 0.6) is 0 Å². The van der Waals surface area contributed by atoms with Crippen LogP contribution in [0.15, 0.2) is 54.8 Å². The molecule has 6 rings (SSSR count). The van der Waals surface area contributed by atoms with Crippen molar-refractivity contribution in [1.82, 2.24) is 9.88 Å². The Balaban J connectivity index is 1.30. The number of para-hydroxylation sites is 1. The number of pyridine rings is 1. The Labute approximate surface area is 275 Å². The molecule has 2 saturated heterocycles. The number of ether oxygens (including phenoxy) is 7. The van der Waals surface area contributed by atoms with E-state index >= 15 is 0 Å². The molecule has 1 aromatic heterocycles. The molecule has 2 fully saturated rings. The Morgan fingerprint density at radius 3 is 2.33 bits per heavy atom. The van der Waals surface area contributed by atoms with Crippen molar-refractivity contribution in [3.05, 3.63) is 66.1 Å². The number of carbonyl (C=O) groups excluding carboxylic acids is 5. The molecule has 0 radical (unpaired) electrons. The molecule has 1 amide bonds. The van der Waals surface area contributed by atoms with Gasteiger partial charge in [-0.25, -0.2) is 0 Å². The summed E-state index contributed by atoms with van der Waals surface area (Å²) in [6.45, 7) is 8.62. The first-order chi connectivity index (χ1) is 22.9. The Morgan fingerprint density at radius 1 is 0.958 bits per heavy atom. The Bertz CT molecular complexity index is 1690. The first-order valence-electron chi connectivity index (χ1n) is 15.6. The number of benzene rings is 1. The number of amides is 1. The minimum Gasteiger partial charge on any atom is -0.471 e. The minimum atomic E-state index is -1.47. The van der Waals surface area contributed by atoms with Crippen molar-refractivity contribution in [1.29, 1.82) is 0 Å². The maximum atomic E-state index is 13.8. The summed E-state index contributed by atoms with van der Waals surface area (Å²) in [5, 5.41) is 0.991. The van der Waals surface area contributed by atoms with Gasteiger partial charge in [-0.1, -0.05) is 24.3 Å². The van der Waals surface area contributed by atoms with Crippen LogP contribution in [0.4, 0.5) is 0 Å². The van der Waals surface area contributed by atoms with Crippen LogP contribution in [-0.4, -0.2) is 83.3 Å². The lowest BCUT2D eigenvalue weighted by Crippen LogP contribution is -2.63. The second-order valence-electron chi connectivity index (χ2n) is 12.1. The molecular weight excluding hydrogens is 628 g/mol. The largest absolute Gasteiger partial charge is 0.471 e. The van der Waals surface area contributed by atoms with Gasteiger partial charge in [-0.05, 0) is 24.1 Å². The standard InChI is InChI=1S/C34H36N2O12/c1-6-22-23-12-26-28-21(11-20-9-7-8-10-25(20)35-28)13-36(26)32(41)24(23)14-43-33(22)48-34-31(46-19(5)40)30(45-18(4)39)29(44-17(3)38)27(47-34)15-42-16(2)37/h6-11,14,22-23,26-27,29-31,33-34H,1,12-13,15H2,2-5H3/t22-,23+,26-,27-,29-,30+,31-,33+,34+/m1/s1. The van der Waals surface area contributed by atoms with Crippen molar-refractivity contribution < 1.29 is 57.1 Å². The summed E-state index contributed by atoms with van der Waals surface area (Å²) in [7, 11) is 0. The van der Waals surface area contributed by atoms with Crippen molar-refractivity contribution in [2.24, 2.45) is 11.8 Å². The molecule has 5 heterocycles.